The maximum absolute atomic E-state index is 12.2. The Bertz CT molecular complexity index is 549. The van der Waals surface area contributed by atoms with Crippen molar-refractivity contribution in [3.05, 3.63) is 27.7 Å². The summed E-state index contributed by atoms with van der Waals surface area (Å²) in [6.07, 6.45) is -5.23. The molecule has 0 amide bonds. The van der Waals surface area contributed by atoms with Gasteiger partial charge < -0.3 is 0 Å². The van der Waals surface area contributed by atoms with E-state index < -0.39 is 16.4 Å². The van der Waals surface area contributed by atoms with Crippen LogP contribution in [-0.4, -0.2) is 16.4 Å². The molecule has 1 aromatic rings. The minimum absolute atomic E-state index is 0.0108. The van der Waals surface area contributed by atoms with E-state index in [-0.39, 0.29) is 10.7 Å². The molecule has 0 radical (unpaired) electrons. The first-order valence-corrected chi connectivity index (χ1v) is 6.34. The summed E-state index contributed by atoms with van der Waals surface area (Å²) in [5.41, 5.74) is 0.437. The van der Waals surface area contributed by atoms with E-state index in [1.807, 2.05) is 0 Å². The topological polar surface area (TPSA) is 41.8 Å². The number of Topliss-reactive ketones (excluding diaryl/α,β-unsaturated/α-hetero) is 1. The van der Waals surface area contributed by atoms with Gasteiger partial charge in [0.25, 0.3) is 10.2 Å². The van der Waals surface area contributed by atoms with Crippen molar-refractivity contribution in [1.82, 2.24) is 0 Å². The Balaban J connectivity index is 3.13. The molecule has 110 valence electrons. The molecule has 0 aliphatic rings. The highest BCUT2D eigenvalue weighted by Crippen LogP contribution is 2.37. The summed E-state index contributed by atoms with van der Waals surface area (Å²) in [7, 11) is 0. The smallest absolute Gasteiger partial charge is 0.284 e. The van der Waals surface area contributed by atoms with Crippen LogP contribution in [0.3, 0.4) is 0 Å². The molecule has 0 aromatic heterocycles. The van der Waals surface area contributed by atoms with E-state index in [1.165, 1.54) is 12.1 Å². The standard InChI is InChI=1S/C10H5Cl4F3N2O/c1-4-2-5(11)3-6(12)7(4)18-19-9(13,14)8(20)10(15,16)17/h2-3H,1H3/b19-18+. The van der Waals surface area contributed by atoms with Gasteiger partial charge in [0, 0.05) is 5.02 Å². The van der Waals surface area contributed by atoms with Gasteiger partial charge in [-0.05, 0) is 24.6 Å². The van der Waals surface area contributed by atoms with E-state index in [0.29, 0.717) is 10.6 Å². The van der Waals surface area contributed by atoms with Crippen LogP contribution in [0.15, 0.2) is 22.4 Å². The quantitative estimate of drug-likeness (QED) is 0.386. The molecule has 0 saturated carbocycles. The van der Waals surface area contributed by atoms with Gasteiger partial charge in [-0.25, -0.2) is 0 Å². The highest BCUT2D eigenvalue weighted by Gasteiger charge is 2.52. The number of nitrogens with zero attached hydrogens (tertiary/aromatic N) is 2. The SMILES string of the molecule is Cc1cc(Cl)cc(Cl)c1/N=N/C(Cl)(Cl)C(=O)C(F)(F)F. The first-order valence-electron chi connectivity index (χ1n) is 4.83. The second kappa shape index (κ2) is 6.05. The average molecular weight is 368 g/mol. The normalized spacial score (nSPS) is 13.0. The van der Waals surface area contributed by atoms with E-state index in [1.54, 1.807) is 6.92 Å². The van der Waals surface area contributed by atoms with Crippen LogP contribution in [0.2, 0.25) is 10.0 Å². The fraction of sp³-hybridized carbons (Fsp3) is 0.300. The lowest BCUT2D eigenvalue weighted by Crippen LogP contribution is -2.36. The van der Waals surface area contributed by atoms with Gasteiger partial charge in [-0.15, -0.1) is 5.11 Å². The molecular weight excluding hydrogens is 363 g/mol. The lowest BCUT2D eigenvalue weighted by molar-refractivity contribution is -0.171. The molecule has 0 aliphatic heterocycles. The van der Waals surface area contributed by atoms with Gasteiger partial charge in [-0.2, -0.15) is 18.3 Å². The van der Waals surface area contributed by atoms with Gasteiger partial charge in [0.05, 0.1) is 5.02 Å². The number of alkyl halides is 5. The number of ketones is 1. The van der Waals surface area contributed by atoms with Gasteiger partial charge in [0.2, 0.25) is 0 Å². The molecule has 0 N–H and O–H groups in total. The van der Waals surface area contributed by atoms with E-state index in [9.17, 15) is 18.0 Å². The molecule has 0 aliphatic carbocycles. The van der Waals surface area contributed by atoms with Crippen molar-refractivity contribution < 1.29 is 18.0 Å². The third-order valence-corrected chi connectivity index (χ3v) is 3.03. The third kappa shape index (κ3) is 4.22. The first-order chi connectivity index (χ1) is 8.95. The number of hydrogen-bond acceptors (Lipinski definition) is 3. The second-order valence-corrected chi connectivity index (χ2v) is 5.75. The summed E-state index contributed by atoms with van der Waals surface area (Å²) < 4.78 is 33.6. The van der Waals surface area contributed by atoms with Crippen LogP contribution >= 0.6 is 46.4 Å². The lowest BCUT2D eigenvalue weighted by atomic mass is 10.2. The van der Waals surface area contributed by atoms with Crippen LogP contribution < -0.4 is 0 Å². The third-order valence-electron chi connectivity index (χ3n) is 2.02. The van der Waals surface area contributed by atoms with E-state index in [0.717, 1.165) is 0 Å². The van der Waals surface area contributed by atoms with Gasteiger partial charge >= 0.3 is 6.18 Å². The van der Waals surface area contributed by atoms with Crippen molar-refractivity contribution in [2.75, 3.05) is 0 Å². The van der Waals surface area contributed by atoms with Gasteiger partial charge in [0.1, 0.15) is 5.69 Å². The zero-order valence-electron chi connectivity index (χ0n) is 9.60. The molecule has 1 aromatic carbocycles. The first kappa shape index (κ1) is 17.5. The number of hydrogen-bond donors (Lipinski definition) is 0. The number of benzene rings is 1. The van der Waals surface area contributed by atoms with E-state index in [2.05, 4.69) is 10.2 Å². The van der Waals surface area contributed by atoms with Crippen LogP contribution in [0, 0.1) is 6.92 Å². The van der Waals surface area contributed by atoms with Crippen LogP contribution in [0.4, 0.5) is 18.9 Å². The van der Waals surface area contributed by atoms with Crippen LogP contribution in [-0.2, 0) is 4.79 Å². The van der Waals surface area contributed by atoms with Crippen LogP contribution in [0.25, 0.3) is 0 Å². The zero-order valence-corrected chi connectivity index (χ0v) is 12.6. The highest BCUT2D eigenvalue weighted by atomic mass is 35.5. The van der Waals surface area contributed by atoms with Crippen molar-refractivity contribution in [3.63, 3.8) is 0 Å². The number of rotatable bonds is 3. The summed E-state index contributed by atoms with van der Waals surface area (Å²) >= 11 is 22.0. The Morgan fingerprint density at radius 1 is 1.20 bits per heavy atom. The summed E-state index contributed by atoms with van der Waals surface area (Å²) in [6.45, 7) is 1.54. The Morgan fingerprint density at radius 3 is 2.20 bits per heavy atom. The molecule has 0 atom stereocenters. The number of aryl methyl sites for hydroxylation is 1. The lowest BCUT2D eigenvalue weighted by Gasteiger charge is -2.13. The number of azo groups is 1. The van der Waals surface area contributed by atoms with Crippen molar-refractivity contribution in [3.8, 4) is 0 Å². The molecule has 0 spiro atoms. The Morgan fingerprint density at radius 2 is 1.75 bits per heavy atom. The predicted molar refractivity (Wildman–Crippen MR) is 71.2 cm³/mol. The van der Waals surface area contributed by atoms with Gasteiger partial charge in [-0.3, -0.25) is 4.79 Å². The van der Waals surface area contributed by atoms with E-state index >= 15 is 0 Å². The minimum atomic E-state index is -5.23. The van der Waals surface area contributed by atoms with Crippen molar-refractivity contribution in [2.45, 2.75) is 17.6 Å². The number of halogens is 7. The Labute approximate surface area is 131 Å². The van der Waals surface area contributed by atoms with Gasteiger partial charge in [0.15, 0.2) is 0 Å². The van der Waals surface area contributed by atoms with E-state index in [4.69, 9.17) is 46.4 Å². The molecule has 0 heterocycles. The minimum Gasteiger partial charge on any atom is -0.284 e. The molecule has 1 rings (SSSR count). The largest absolute Gasteiger partial charge is 0.455 e. The monoisotopic (exact) mass is 366 g/mol. The predicted octanol–water partition coefficient (Wildman–Crippen LogP) is 5.65. The summed E-state index contributed by atoms with van der Waals surface area (Å²) in [5, 5.41) is 6.74. The fourth-order valence-electron chi connectivity index (χ4n) is 1.15. The van der Waals surface area contributed by atoms with Crippen molar-refractivity contribution in [2.24, 2.45) is 10.2 Å². The molecule has 10 heteroatoms. The molecular formula is C10H5Cl4F3N2O. The molecule has 20 heavy (non-hydrogen) atoms. The number of carbonyl (C=O) groups is 1. The molecule has 0 unspecified atom stereocenters. The summed E-state index contributed by atoms with van der Waals surface area (Å²) in [4.78, 5) is 10.9. The maximum atomic E-state index is 12.2. The molecule has 0 fully saturated rings. The van der Waals surface area contributed by atoms with Crippen LogP contribution in [0.5, 0.6) is 0 Å². The summed E-state index contributed by atoms with van der Waals surface area (Å²) in [5.74, 6) is -2.44. The Kier molecular flexibility index (Phi) is 5.29. The molecule has 0 saturated heterocycles. The Hall–Kier alpha value is -0.560. The summed E-state index contributed by atoms with van der Waals surface area (Å²) in [6, 6.07) is 2.76. The number of carbonyl (C=O) groups excluding carboxylic acids is 1. The molecule has 3 nitrogen and oxygen atoms in total. The van der Waals surface area contributed by atoms with Crippen LogP contribution in [0.1, 0.15) is 5.56 Å². The molecule has 0 bridgehead atoms. The average Bonchev–Trinajstić information content (AvgIpc) is 2.25. The highest BCUT2D eigenvalue weighted by molar-refractivity contribution is 6.58. The van der Waals surface area contributed by atoms with Gasteiger partial charge in [-0.1, -0.05) is 46.4 Å². The van der Waals surface area contributed by atoms with Crippen molar-refractivity contribution in [1.29, 1.82) is 0 Å². The maximum Gasteiger partial charge on any atom is 0.455 e. The zero-order chi connectivity index (χ0) is 15.7. The second-order valence-electron chi connectivity index (χ2n) is 3.62. The fourth-order valence-corrected chi connectivity index (χ4v) is 2.07. The van der Waals surface area contributed by atoms with Crippen molar-refractivity contribution >= 4 is 57.9 Å².